The second kappa shape index (κ2) is 5.89. The van der Waals surface area contributed by atoms with Crippen LogP contribution >= 0.6 is 11.3 Å². The molecule has 0 aliphatic carbocycles. The standard InChI is InChI=1S/C15H16O3S/c1-10(9-15(16)17)13-7-8-14(19-13)11-3-5-12(18-2)6-4-11/h3-8,10H,9H2,1-2H3,(H,16,17). The van der Waals surface area contributed by atoms with Crippen molar-refractivity contribution in [1.82, 2.24) is 0 Å². The SMILES string of the molecule is COc1ccc(-c2ccc(C(C)CC(=O)O)s2)cc1. The van der Waals surface area contributed by atoms with Crippen LogP contribution in [0.3, 0.4) is 0 Å². The molecule has 0 radical (unpaired) electrons. The first-order chi connectivity index (χ1) is 9.10. The normalized spacial score (nSPS) is 12.1. The topological polar surface area (TPSA) is 46.5 Å². The third kappa shape index (κ3) is 3.35. The van der Waals surface area contributed by atoms with Gasteiger partial charge in [0, 0.05) is 15.7 Å². The summed E-state index contributed by atoms with van der Waals surface area (Å²) in [5.41, 5.74) is 1.12. The Morgan fingerprint density at radius 2 is 1.95 bits per heavy atom. The molecule has 1 aromatic heterocycles. The molecule has 0 amide bonds. The van der Waals surface area contributed by atoms with E-state index in [1.165, 1.54) is 0 Å². The monoisotopic (exact) mass is 276 g/mol. The Hall–Kier alpha value is -1.81. The smallest absolute Gasteiger partial charge is 0.303 e. The zero-order chi connectivity index (χ0) is 13.8. The zero-order valence-electron chi connectivity index (χ0n) is 10.9. The Morgan fingerprint density at radius 3 is 2.53 bits per heavy atom. The Balaban J connectivity index is 2.17. The molecule has 0 spiro atoms. The van der Waals surface area contributed by atoms with Gasteiger partial charge in [-0.2, -0.15) is 0 Å². The highest BCUT2D eigenvalue weighted by Gasteiger charge is 2.13. The predicted molar refractivity (Wildman–Crippen MR) is 77.0 cm³/mol. The van der Waals surface area contributed by atoms with E-state index in [0.29, 0.717) is 0 Å². The van der Waals surface area contributed by atoms with E-state index < -0.39 is 5.97 Å². The fourth-order valence-corrected chi connectivity index (χ4v) is 2.96. The summed E-state index contributed by atoms with van der Waals surface area (Å²) >= 11 is 1.65. The van der Waals surface area contributed by atoms with Crippen LogP contribution in [0.1, 0.15) is 24.1 Å². The first-order valence-corrected chi connectivity index (χ1v) is 6.87. The molecule has 0 fully saturated rings. The van der Waals surface area contributed by atoms with Crippen LogP contribution in [-0.2, 0) is 4.79 Å². The fourth-order valence-electron chi connectivity index (χ4n) is 1.89. The van der Waals surface area contributed by atoms with Gasteiger partial charge in [-0.1, -0.05) is 6.92 Å². The third-order valence-electron chi connectivity index (χ3n) is 2.97. The molecule has 0 saturated heterocycles. The third-order valence-corrected chi connectivity index (χ3v) is 4.33. The minimum atomic E-state index is -0.758. The van der Waals surface area contributed by atoms with Crippen molar-refractivity contribution in [3.05, 3.63) is 41.3 Å². The summed E-state index contributed by atoms with van der Waals surface area (Å²) in [5, 5.41) is 8.82. The second-order valence-electron chi connectivity index (χ2n) is 4.43. The Labute approximate surface area is 116 Å². The predicted octanol–water partition coefficient (Wildman–Crippen LogP) is 4.00. The van der Waals surface area contributed by atoms with E-state index in [4.69, 9.17) is 9.84 Å². The zero-order valence-corrected chi connectivity index (χ0v) is 11.7. The van der Waals surface area contributed by atoms with E-state index >= 15 is 0 Å². The van der Waals surface area contributed by atoms with Gasteiger partial charge in [-0.25, -0.2) is 0 Å². The van der Waals surface area contributed by atoms with Crippen LogP contribution in [-0.4, -0.2) is 18.2 Å². The van der Waals surface area contributed by atoms with Gasteiger partial charge >= 0.3 is 5.97 Å². The maximum Gasteiger partial charge on any atom is 0.303 e. The van der Waals surface area contributed by atoms with Crippen LogP contribution in [0.4, 0.5) is 0 Å². The van der Waals surface area contributed by atoms with E-state index in [2.05, 4.69) is 0 Å². The van der Waals surface area contributed by atoms with Gasteiger partial charge in [0.2, 0.25) is 0 Å². The second-order valence-corrected chi connectivity index (χ2v) is 5.54. The van der Waals surface area contributed by atoms with E-state index in [0.717, 1.165) is 21.1 Å². The summed E-state index contributed by atoms with van der Waals surface area (Å²) in [6.45, 7) is 1.94. The number of hydrogen-bond donors (Lipinski definition) is 1. The number of aliphatic carboxylic acids is 1. The van der Waals surface area contributed by atoms with Crippen LogP contribution in [0.15, 0.2) is 36.4 Å². The van der Waals surface area contributed by atoms with E-state index in [1.54, 1.807) is 18.4 Å². The molecule has 1 N–H and O–H groups in total. The number of rotatable bonds is 5. The van der Waals surface area contributed by atoms with Crippen molar-refractivity contribution in [2.24, 2.45) is 0 Å². The number of thiophene rings is 1. The van der Waals surface area contributed by atoms with Crippen molar-refractivity contribution in [1.29, 1.82) is 0 Å². The summed E-state index contributed by atoms with van der Waals surface area (Å²) in [5.74, 6) is 0.126. The van der Waals surface area contributed by atoms with Crippen molar-refractivity contribution in [2.45, 2.75) is 19.3 Å². The molecule has 2 aromatic rings. The summed E-state index contributed by atoms with van der Waals surface area (Å²) in [6.07, 6.45) is 0.169. The van der Waals surface area contributed by atoms with E-state index in [9.17, 15) is 4.79 Å². The number of ether oxygens (including phenoxy) is 1. The van der Waals surface area contributed by atoms with Gasteiger partial charge in [0.25, 0.3) is 0 Å². The van der Waals surface area contributed by atoms with Crippen LogP contribution in [0.2, 0.25) is 0 Å². The maximum atomic E-state index is 10.7. The van der Waals surface area contributed by atoms with Gasteiger partial charge in [-0.05, 0) is 42.0 Å². The molecule has 0 bridgehead atoms. The summed E-state index contributed by atoms with van der Waals surface area (Å²) in [6, 6.07) is 11.9. The van der Waals surface area contributed by atoms with Gasteiger partial charge in [0.15, 0.2) is 0 Å². The molecule has 100 valence electrons. The number of carboxylic acids is 1. The summed E-state index contributed by atoms with van der Waals surface area (Å²) in [4.78, 5) is 13.0. The average molecular weight is 276 g/mol. The van der Waals surface area contributed by atoms with Gasteiger partial charge in [0.05, 0.1) is 13.5 Å². The lowest BCUT2D eigenvalue weighted by molar-refractivity contribution is -0.137. The molecule has 2 rings (SSSR count). The molecular formula is C15H16O3S. The minimum Gasteiger partial charge on any atom is -0.497 e. The highest BCUT2D eigenvalue weighted by atomic mass is 32.1. The molecule has 1 unspecified atom stereocenters. The lowest BCUT2D eigenvalue weighted by Gasteiger charge is -2.05. The first-order valence-electron chi connectivity index (χ1n) is 6.06. The van der Waals surface area contributed by atoms with Crippen LogP contribution in [0.5, 0.6) is 5.75 Å². The molecule has 3 nitrogen and oxygen atoms in total. The number of carbonyl (C=O) groups is 1. The number of methoxy groups -OCH3 is 1. The van der Waals surface area contributed by atoms with Crippen molar-refractivity contribution in [3.63, 3.8) is 0 Å². The molecule has 4 heteroatoms. The van der Waals surface area contributed by atoms with Crippen molar-refractivity contribution >= 4 is 17.3 Å². The largest absolute Gasteiger partial charge is 0.497 e. The molecule has 0 aliphatic heterocycles. The molecule has 0 saturated carbocycles. The highest BCUT2D eigenvalue weighted by Crippen LogP contribution is 2.34. The van der Waals surface area contributed by atoms with Gasteiger partial charge in [0.1, 0.15) is 5.75 Å². The van der Waals surface area contributed by atoms with Crippen LogP contribution < -0.4 is 4.74 Å². The molecule has 1 aromatic carbocycles. The van der Waals surface area contributed by atoms with E-state index in [1.807, 2.05) is 43.3 Å². The van der Waals surface area contributed by atoms with Gasteiger partial charge in [-0.15, -0.1) is 11.3 Å². The quantitative estimate of drug-likeness (QED) is 0.897. The van der Waals surface area contributed by atoms with Crippen molar-refractivity contribution < 1.29 is 14.6 Å². The Kier molecular flexibility index (Phi) is 4.22. The molecular weight excluding hydrogens is 260 g/mol. The lowest BCUT2D eigenvalue weighted by atomic mass is 10.1. The maximum absolute atomic E-state index is 10.7. The number of hydrogen-bond acceptors (Lipinski definition) is 3. The fraction of sp³-hybridized carbons (Fsp3) is 0.267. The van der Waals surface area contributed by atoms with E-state index in [-0.39, 0.29) is 12.3 Å². The van der Waals surface area contributed by atoms with Gasteiger partial charge < -0.3 is 9.84 Å². The average Bonchev–Trinajstić information content (AvgIpc) is 2.88. The Bertz CT molecular complexity index is 557. The lowest BCUT2D eigenvalue weighted by Crippen LogP contribution is -2.00. The highest BCUT2D eigenvalue weighted by molar-refractivity contribution is 7.15. The minimum absolute atomic E-state index is 0.0505. The van der Waals surface area contributed by atoms with Crippen LogP contribution in [0, 0.1) is 0 Å². The first kappa shape index (κ1) is 13.6. The summed E-state index contributed by atoms with van der Waals surface area (Å²) in [7, 11) is 1.64. The molecule has 1 heterocycles. The van der Waals surface area contributed by atoms with Crippen molar-refractivity contribution in [2.75, 3.05) is 7.11 Å². The molecule has 1 atom stereocenters. The van der Waals surface area contributed by atoms with Gasteiger partial charge in [-0.3, -0.25) is 4.79 Å². The summed E-state index contributed by atoms with van der Waals surface area (Å²) < 4.78 is 5.13. The number of benzene rings is 1. The molecule has 0 aliphatic rings. The van der Waals surface area contributed by atoms with Crippen molar-refractivity contribution in [3.8, 4) is 16.2 Å². The molecule has 19 heavy (non-hydrogen) atoms. The number of carboxylic acid groups (broad SMARTS) is 1. The van der Waals surface area contributed by atoms with Crippen LogP contribution in [0.25, 0.3) is 10.4 Å². The Morgan fingerprint density at radius 1 is 1.26 bits per heavy atom.